The van der Waals surface area contributed by atoms with Crippen molar-refractivity contribution in [2.75, 3.05) is 38.2 Å². The van der Waals surface area contributed by atoms with Gasteiger partial charge in [-0.25, -0.2) is 9.37 Å². The highest BCUT2D eigenvalue weighted by molar-refractivity contribution is 6.15. The van der Waals surface area contributed by atoms with Gasteiger partial charge in [0.05, 0.1) is 18.9 Å². The number of amides is 1. The number of ether oxygens (including phenoxy) is 1. The highest BCUT2D eigenvalue weighted by atomic mass is 19.1. The number of anilines is 1. The molecule has 0 spiro atoms. The number of carbonyl (C=O) groups is 1. The van der Waals surface area contributed by atoms with Crippen LogP contribution in [0.25, 0.3) is 5.57 Å². The van der Waals surface area contributed by atoms with E-state index in [-0.39, 0.29) is 17.7 Å². The number of halogens is 1. The molecule has 190 valence electrons. The van der Waals surface area contributed by atoms with E-state index in [0.717, 1.165) is 54.2 Å². The number of pyridine rings is 1. The van der Waals surface area contributed by atoms with Gasteiger partial charge in [-0.05, 0) is 60.4 Å². The van der Waals surface area contributed by atoms with E-state index < -0.39 is 5.82 Å². The molecule has 1 aromatic heterocycles. The van der Waals surface area contributed by atoms with Gasteiger partial charge in [-0.1, -0.05) is 36.4 Å². The summed E-state index contributed by atoms with van der Waals surface area (Å²) in [7, 11) is 1.46. The fourth-order valence-electron chi connectivity index (χ4n) is 4.95. The number of nitrogens with zero attached hydrogens (tertiary/aromatic N) is 4. The Labute approximate surface area is 217 Å². The number of allylic oxidation sites excluding steroid dienone is 1. The molecule has 7 heteroatoms. The van der Waals surface area contributed by atoms with Crippen molar-refractivity contribution in [3.63, 3.8) is 0 Å². The molecule has 0 saturated carbocycles. The summed E-state index contributed by atoms with van der Waals surface area (Å²) < 4.78 is 19.1. The van der Waals surface area contributed by atoms with Crippen molar-refractivity contribution in [3.05, 3.63) is 95.9 Å². The summed E-state index contributed by atoms with van der Waals surface area (Å²) in [5, 5.41) is 0. The third-order valence-corrected chi connectivity index (χ3v) is 6.97. The lowest BCUT2D eigenvalue weighted by Gasteiger charge is -2.35. The first kappa shape index (κ1) is 24.7. The normalized spacial score (nSPS) is 17.4. The van der Waals surface area contributed by atoms with Gasteiger partial charge in [-0.2, -0.15) is 0 Å². The molecule has 2 aromatic carbocycles. The van der Waals surface area contributed by atoms with Crippen molar-refractivity contribution < 1.29 is 13.9 Å². The van der Waals surface area contributed by atoms with Crippen LogP contribution in [0.15, 0.2) is 84.0 Å². The van der Waals surface area contributed by atoms with Crippen LogP contribution >= 0.6 is 0 Å². The third-order valence-electron chi connectivity index (χ3n) is 6.97. The fourth-order valence-corrected chi connectivity index (χ4v) is 4.95. The van der Waals surface area contributed by atoms with Gasteiger partial charge in [0.2, 0.25) is 5.91 Å². The predicted molar refractivity (Wildman–Crippen MR) is 145 cm³/mol. The molecule has 1 unspecified atom stereocenters. The number of piperazine rings is 1. The highest BCUT2D eigenvalue weighted by Crippen LogP contribution is 2.32. The number of hydrogen-bond donors (Lipinski definition) is 0. The maximum atomic E-state index is 14.0. The Morgan fingerprint density at radius 3 is 2.51 bits per heavy atom. The molecule has 1 amide bonds. The zero-order valence-electron chi connectivity index (χ0n) is 21.0. The number of methoxy groups -OCH3 is 1. The minimum Gasteiger partial charge on any atom is -0.494 e. The Morgan fingerprint density at radius 2 is 1.78 bits per heavy atom. The quantitative estimate of drug-likeness (QED) is 0.439. The number of rotatable bonds is 8. The largest absolute Gasteiger partial charge is 0.494 e. The lowest BCUT2D eigenvalue weighted by molar-refractivity contribution is -0.131. The van der Waals surface area contributed by atoms with E-state index in [9.17, 15) is 9.18 Å². The SMILES string of the molecule is COc1cc(C2=NC(CCCC(=O)N3CCN(c4ccccn4)CC3)C(c3ccccc3)=C2)ccc1F. The van der Waals surface area contributed by atoms with Gasteiger partial charge in [0.25, 0.3) is 0 Å². The maximum Gasteiger partial charge on any atom is 0.222 e. The molecule has 6 nitrogen and oxygen atoms in total. The zero-order chi connectivity index (χ0) is 25.6. The standard InChI is InChI=1S/C30H31FN4O2/c1-37-28-20-23(13-14-25(28)31)27-21-24(22-8-3-2-4-9-22)26(33-27)10-7-12-30(36)35-18-16-34(17-19-35)29-11-5-6-15-32-29/h2-6,8-9,11,13-15,20-21,26H,7,10,12,16-19H2,1H3. The predicted octanol–water partition coefficient (Wildman–Crippen LogP) is 5.00. The molecular formula is C30H31FN4O2. The van der Waals surface area contributed by atoms with Gasteiger partial charge in [0.15, 0.2) is 11.6 Å². The van der Waals surface area contributed by atoms with Crippen molar-refractivity contribution in [2.45, 2.75) is 25.3 Å². The first-order valence-corrected chi connectivity index (χ1v) is 12.7. The zero-order valence-corrected chi connectivity index (χ0v) is 21.0. The Morgan fingerprint density at radius 1 is 1.00 bits per heavy atom. The summed E-state index contributed by atoms with van der Waals surface area (Å²) in [6, 6.07) is 20.9. The summed E-state index contributed by atoms with van der Waals surface area (Å²) in [4.78, 5) is 26.5. The molecule has 0 aliphatic carbocycles. The molecule has 1 saturated heterocycles. The number of hydrogen-bond acceptors (Lipinski definition) is 5. The number of aromatic nitrogens is 1. The Kier molecular flexibility index (Phi) is 7.59. The van der Waals surface area contributed by atoms with Crippen LogP contribution in [0, 0.1) is 5.82 Å². The summed E-state index contributed by atoms with van der Waals surface area (Å²) in [6.07, 6.45) is 5.89. The van der Waals surface area contributed by atoms with Gasteiger partial charge in [0, 0.05) is 44.4 Å². The van der Waals surface area contributed by atoms with Crippen molar-refractivity contribution in [2.24, 2.45) is 4.99 Å². The monoisotopic (exact) mass is 498 g/mol. The van der Waals surface area contributed by atoms with Gasteiger partial charge < -0.3 is 14.5 Å². The highest BCUT2D eigenvalue weighted by Gasteiger charge is 2.25. The smallest absolute Gasteiger partial charge is 0.222 e. The molecule has 0 radical (unpaired) electrons. The summed E-state index contributed by atoms with van der Waals surface area (Å²) in [5.41, 5.74) is 3.85. The van der Waals surface area contributed by atoms with Crippen molar-refractivity contribution in [1.29, 1.82) is 0 Å². The second-order valence-electron chi connectivity index (χ2n) is 9.29. The van der Waals surface area contributed by atoms with E-state index in [1.807, 2.05) is 41.3 Å². The van der Waals surface area contributed by atoms with Crippen molar-refractivity contribution in [3.8, 4) is 5.75 Å². The molecule has 5 rings (SSSR count). The molecule has 3 heterocycles. The van der Waals surface area contributed by atoms with E-state index in [0.29, 0.717) is 19.5 Å². The van der Waals surface area contributed by atoms with Crippen molar-refractivity contribution in [1.82, 2.24) is 9.88 Å². The van der Waals surface area contributed by atoms with E-state index in [1.54, 1.807) is 18.3 Å². The lowest BCUT2D eigenvalue weighted by atomic mass is 9.95. The van der Waals surface area contributed by atoms with Gasteiger partial charge >= 0.3 is 0 Å². The van der Waals surface area contributed by atoms with Crippen LogP contribution in [0.2, 0.25) is 0 Å². The van der Waals surface area contributed by atoms with Gasteiger partial charge in [-0.15, -0.1) is 0 Å². The van der Waals surface area contributed by atoms with Crippen LogP contribution < -0.4 is 9.64 Å². The van der Waals surface area contributed by atoms with E-state index in [2.05, 4.69) is 28.1 Å². The first-order chi connectivity index (χ1) is 18.1. The van der Waals surface area contributed by atoms with E-state index in [1.165, 1.54) is 13.2 Å². The van der Waals surface area contributed by atoms with Crippen LogP contribution in [-0.4, -0.2) is 60.8 Å². The maximum absolute atomic E-state index is 14.0. The van der Waals surface area contributed by atoms with Crippen LogP contribution in [-0.2, 0) is 4.79 Å². The number of benzene rings is 2. The van der Waals surface area contributed by atoms with Crippen LogP contribution in [0.4, 0.5) is 10.2 Å². The molecule has 0 N–H and O–H groups in total. The molecule has 1 fully saturated rings. The van der Waals surface area contributed by atoms with Crippen LogP contribution in [0.3, 0.4) is 0 Å². The van der Waals surface area contributed by atoms with Gasteiger partial charge in [-0.3, -0.25) is 9.79 Å². The molecule has 2 aliphatic heterocycles. The Hall–Kier alpha value is -4.00. The summed E-state index contributed by atoms with van der Waals surface area (Å²) in [6.45, 7) is 3.01. The molecule has 2 aliphatic rings. The first-order valence-electron chi connectivity index (χ1n) is 12.7. The van der Waals surface area contributed by atoms with E-state index >= 15 is 0 Å². The summed E-state index contributed by atoms with van der Waals surface area (Å²) in [5.74, 6) is 0.958. The Bertz CT molecular complexity index is 1290. The fraction of sp³-hybridized carbons (Fsp3) is 0.300. The topological polar surface area (TPSA) is 58.0 Å². The lowest BCUT2D eigenvalue weighted by Crippen LogP contribution is -2.49. The Balaban J connectivity index is 1.22. The average Bonchev–Trinajstić information content (AvgIpc) is 3.38. The number of carbonyl (C=O) groups excluding carboxylic acids is 1. The molecule has 1 atom stereocenters. The second kappa shape index (κ2) is 11.4. The van der Waals surface area contributed by atoms with Crippen molar-refractivity contribution >= 4 is 23.0 Å². The average molecular weight is 499 g/mol. The minimum absolute atomic E-state index is 0.0535. The molecular weight excluding hydrogens is 467 g/mol. The van der Waals surface area contributed by atoms with E-state index in [4.69, 9.17) is 9.73 Å². The van der Waals surface area contributed by atoms with Crippen LogP contribution in [0.5, 0.6) is 5.75 Å². The minimum atomic E-state index is -0.395. The van der Waals surface area contributed by atoms with Crippen LogP contribution in [0.1, 0.15) is 30.4 Å². The third kappa shape index (κ3) is 5.71. The molecule has 3 aromatic rings. The second-order valence-corrected chi connectivity index (χ2v) is 9.29. The molecule has 37 heavy (non-hydrogen) atoms. The summed E-state index contributed by atoms with van der Waals surface area (Å²) >= 11 is 0. The molecule has 0 bridgehead atoms. The van der Waals surface area contributed by atoms with Gasteiger partial charge in [0.1, 0.15) is 5.82 Å². The number of aliphatic imine (C=N–C) groups is 1.